The van der Waals surface area contributed by atoms with E-state index in [1.165, 1.54) is 6.33 Å². The van der Waals surface area contributed by atoms with E-state index < -0.39 is 0 Å². The van der Waals surface area contributed by atoms with Gasteiger partial charge in [-0.05, 0) is 35.9 Å². The average molecular weight is 372 g/mol. The van der Waals surface area contributed by atoms with Crippen LogP contribution in [0.3, 0.4) is 0 Å². The number of anilines is 2. The number of pyridine rings is 1. The molecular weight excluding hydrogens is 358 g/mol. The molecule has 3 N–H and O–H groups in total. The molecule has 0 fully saturated rings. The van der Waals surface area contributed by atoms with Gasteiger partial charge in [0.1, 0.15) is 17.8 Å². The van der Waals surface area contributed by atoms with E-state index in [1.807, 2.05) is 36.4 Å². The third kappa shape index (κ3) is 3.95. The summed E-state index contributed by atoms with van der Waals surface area (Å²) in [5.41, 5.74) is 7.48. The van der Waals surface area contributed by atoms with Crippen molar-refractivity contribution < 1.29 is 4.74 Å². The molecule has 0 aliphatic heterocycles. The summed E-state index contributed by atoms with van der Waals surface area (Å²) in [4.78, 5) is 12.3. The van der Waals surface area contributed by atoms with E-state index in [2.05, 4.69) is 36.2 Å². The fourth-order valence-corrected chi connectivity index (χ4v) is 2.17. The number of nitrogens with zero attached hydrogens (tertiary/aromatic N) is 3. The lowest BCUT2D eigenvalue weighted by Crippen LogP contribution is -2.06. The normalized spacial score (nSPS) is 10.3. The highest BCUT2D eigenvalue weighted by molar-refractivity contribution is 9.10. The topological polar surface area (TPSA) is 86.0 Å². The lowest BCUT2D eigenvalue weighted by molar-refractivity contribution is 0.464. The second-order valence-electron chi connectivity index (χ2n) is 4.71. The van der Waals surface area contributed by atoms with Gasteiger partial charge in [0.15, 0.2) is 5.82 Å². The number of ether oxygens (including phenoxy) is 1. The number of hydrogen-bond donors (Lipinski definition) is 2. The minimum absolute atomic E-state index is 0.316. The summed E-state index contributed by atoms with van der Waals surface area (Å²) in [6, 6.07) is 11.3. The molecule has 0 amide bonds. The fourth-order valence-electron chi connectivity index (χ4n) is 1.90. The number of nitrogens with one attached hydrogen (secondary N) is 1. The van der Waals surface area contributed by atoms with Crippen LogP contribution < -0.4 is 15.8 Å². The number of nitrogens with two attached hydrogens (primary N) is 1. The molecule has 7 heteroatoms. The van der Waals surface area contributed by atoms with Crippen molar-refractivity contribution in [3.8, 4) is 11.6 Å². The maximum Gasteiger partial charge on any atom is 0.248 e. The highest BCUT2D eigenvalue weighted by Crippen LogP contribution is 2.29. The van der Waals surface area contributed by atoms with Gasteiger partial charge in [-0.15, -0.1) is 0 Å². The van der Waals surface area contributed by atoms with E-state index in [0.29, 0.717) is 29.7 Å². The molecule has 3 aromatic rings. The van der Waals surface area contributed by atoms with E-state index in [0.717, 1.165) is 10.0 Å². The number of hydrogen-bond acceptors (Lipinski definition) is 6. The second kappa shape index (κ2) is 7.06. The molecule has 0 unspecified atom stereocenters. The zero-order valence-electron chi connectivity index (χ0n) is 12.1. The van der Waals surface area contributed by atoms with Crippen LogP contribution in [-0.4, -0.2) is 15.0 Å². The number of aromatic nitrogens is 3. The molecule has 0 bridgehead atoms. The molecule has 0 aliphatic carbocycles. The fraction of sp³-hybridized carbons (Fsp3) is 0.0625. The third-order valence-corrected chi connectivity index (χ3v) is 3.59. The lowest BCUT2D eigenvalue weighted by atomic mass is 10.3. The molecule has 0 radical (unpaired) electrons. The third-order valence-electron chi connectivity index (χ3n) is 3.06. The van der Waals surface area contributed by atoms with Crippen LogP contribution in [0, 0.1) is 0 Å². The van der Waals surface area contributed by atoms with Crippen molar-refractivity contribution in [1.29, 1.82) is 0 Å². The van der Waals surface area contributed by atoms with Crippen LogP contribution in [0.4, 0.5) is 11.5 Å². The first-order valence-electron chi connectivity index (χ1n) is 6.89. The Morgan fingerprint density at radius 1 is 1.13 bits per heavy atom. The van der Waals surface area contributed by atoms with Crippen LogP contribution in [0.15, 0.2) is 59.6 Å². The molecule has 0 atom stereocenters. The summed E-state index contributed by atoms with van der Waals surface area (Å²) in [6.45, 7) is 0.562. The predicted octanol–water partition coefficient (Wildman–Crippen LogP) is 3.62. The molecule has 0 saturated carbocycles. The van der Waals surface area contributed by atoms with Crippen molar-refractivity contribution in [3.05, 3.63) is 65.2 Å². The van der Waals surface area contributed by atoms with Crippen LogP contribution in [-0.2, 0) is 6.54 Å². The van der Waals surface area contributed by atoms with Crippen LogP contribution in [0.2, 0.25) is 0 Å². The molecule has 23 heavy (non-hydrogen) atoms. The van der Waals surface area contributed by atoms with Gasteiger partial charge in [0.25, 0.3) is 0 Å². The molecule has 6 nitrogen and oxygen atoms in total. The first-order chi connectivity index (χ1) is 11.2. The summed E-state index contributed by atoms with van der Waals surface area (Å²) >= 11 is 3.38. The van der Waals surface area contributed by atoms with Crippen molar-refractivity contribution in [2.75, 3.05) is 11.1 Å². The van der Waals surface area contributed by atoms with Gasteiger partial charge in [-0.25, -0.2) is 4.98 Å². The largest absolute Gasteiger partial charge is 0.437 e. The zero-order valence-corrected chi connectivity index (χ0v) is 13.7. The molecule has 2 heterocycles. The Hall–Kier alpha value is -2.67. The van der Waals surface area contributed by atoms with Gasteiger partial charge in [-0.1, -0.05) is 22.0 Å². The highest BCUT2D eigenvalue weighted by atomic mass is 79.9. The molecule has 116 valence electrons. The van der Waals surface area contributed by atoms with E-state index >= 15 is 0 Å². The first-order valence-corrected chi connectivity index (χ1v) is 7.68. The van der Waals surface area contributed by atoms with Gasteiger partial charge < -0.3 is 15.8 Å². The van der Waals surface area contributed by atoms with Gasteiger partial charge in [-0.3, -0.25) is 4.98 Å². The molecule has 3 rings (SSSR count). The number of halogens is 1. The summed E-state index contributed by atoms with van der Waals surface area (Å²) in [5.74, 6) is 1.49. The molecule has 0 saturated heterocycles. The van der Waals surface area contributed by atoms with E-state index in [-0.39, 0.29) is 0 Å². The van der Waals surface area contributed by atoms with Gasteiger partial charge >= 0.3 is 0 Å². The summed E-state index contributed by atoms with van der Waals surface area (Å²) in [5, 5.41) is 3.16. The van der Waals surface area contributed by atoms with Crippen LogP contribution in [0.5, 0.6) is 11.6 Å². The predicted molar refractivity (Wildman–Crippen MR) is 92.2 cm³/mol. The Morgan fingerprint density at radius 2 is 1.96 bits per heavy atom. The van der Waals surface area contributed by atoms with E-state index in [4.69, 9.17) is 10.5 Å². The maximum atomic E-state index is 6.09. The van der Waals surface area contributed by atoms with Crippen molar-refractivity contribution in [3.63, 3.8) is 0 Å². The molecular formula is C16H14BrN5O. The Balaban J connectivity index is 1.74. The van der Waals surface area contributed by atoms with Crippen LogP contribution >= 0.6 is 15.9 Å². The molecule has 0 spiro atoms. The van der Waals surface area contributed by atoms with Crippen molar-refractivity contribution >= 4 is 27.4 Å². The standard InChI is InChI=1S/C16H14BrN5O/c17-12-3-5-13(6-4-12)23-16-14(18)15(21-10-22-16)20-9-11-2-1-7-19-8-11/h1-8,10H,9,18H2,(H,20,21,22). The number of benzene rings is 1. The SMILES string of the molecule is Nc1c(NCc2cccnc2)ncnc1Oc1ccc(Br)cc1. The smallest absolute Gasteiger partial charge is 0.248 e. The van der Waals surface area contributed by atoms with Crippen molar-refractivity contribution in [2.24, 2.45) is 0 Å². The molecule has 1 aromatic carbocycles. The van der Waals surface area contributed by atoms with E-state index in [9.17, 15) is 0 Å². The summed E-state index contributed by atoms with van der Waals surface area (Å²) < 4.78 is 6.68. The number of rotatable bonds is 5. The monoisotopic (exact) mass is 371 g/mol. The second-order valence-corrected chi connectivity index (χ2v) is 5.63. The number of nitrogen functional groups attached to an aromatic ring is 1. The van der Waals surface area contributed by atoms with Gasteiger partial charge in [0.2, 0.25) is 5.88 Å². The van der Waals surface area contributed by atoms with Gasteiger partial charge in [0.05, 0.1) is 0 Å². The minimum Gasteiger partial charge on any atom is -0.437 e. The van der Waals surface area contributed by atoms with Crippen molar-refractivity contribution in [2.45, 2.75) is 6.54 Å². The Labute approximate surface area is 141 Å². The molecule has 2 aromatic heterocycles. The quantitative estimate of drug-likeness (QED) is 0.712. The Bertz CT molecular complexity index is 780. The first kappa shape index (κ1) is 15.2. The lowest BCUT2D eigenvalue weighted by Gasteiger charge is -2.11. The van der Waals surface area contributed by atoms with Gasteiger partial charge in [0, 0.05) is 23.4 Å². The van der Waals surface area contributed by atoms with Crippen LogP contribution in [0.25, 0.3) is 0 Å². The minimum atomic E-state index is 0.316. The van der Waals surface area contributed by atoms with Crippen molar-refractivity contribution in [1.82, 2.24) is 15.0 Å². The highest BCUT2D eigenvalue weighted by Gasteiger charge is 2.10. The maximum absolute atomic E-state index is 6.09. The summed E-state index contributed by atoms with van der Waals surface area (Å²) in [7, 11) is 0. The van der Waals surface area contributed by atoms with Crippen LogP contribution in [0.1, 0.15) is 5.56 Å². The van der Waals surface area contributed by atoms with E-state index in [1.54, 1.807) is 12.4 Å². The Morgan fingerprint density at radius 3 is 2.70 bits per heavy atom. The zero-order chi connectivity index (χ0) is 16.1. The average Bonchev–Trinajstić information content (AvgIpc) is 2.58. The molecule has 0 aliphatic rings. The summed E-state index contributed by atoms with van der Waals surface area (Å²) in [6.07, 6.45) is 4.92. The van der Waals surface area contributed by atoms with Gasteiger partial charge in [-0.2, -0.15) is 4.98 Å². The Kier molecular flexibility index (Phi) is 4.68.